The summed E-state index contributed by atoms with van der Waals surface area (Å²) >= 11 is 0. The highest BCUT2D eigenvalue weighted by Crippen LogP contribution is 2.46. The highest BCUT2D eigenvalue weighted by molar-refractivity contribution is 5.94. The van der Waals surface area contributed by atoms with Crippen LogP contribution in [-0.4, -0.2) is 38.2 Å². The summed E-state index contributed by atoms with van der Waals surface area (Å²) in [5.41, 5.74) is 6.16. The molecule has 6 heteroatoms. The van der Waals surface area contributed by atoms with Crippen LogP contribution < -0.4 is 10.6 Å². The van der Waals surface area contributed by atoms with E-state index in [1.807, 2.05) is 50.2 Å². The van der Waals surface area contributed by atoms with E-state index in [1.54, 1.807) is 0 Å². The number of carbonyl (C=O) groups is 2. The minimum absolute atomic E-state index is 0.0612. The predicted octanol–water partition coefficient (Wildman–Crippen LogP) is 4.55. The summed E-state index contributed by atoms with van der Waals surface area (Å²) in [5.74, 6) is -0.139. The van der Waals surface area contributed by atoms with Crippen molar-refractivity contribution < 1.29 is 19.1 Å². The van der Waals surface area contributed by atoms with E-state index >= 15 is 0 Å². The summed E-state index contributed by atoms with van der Waals surface area (Å²) in [7, 11) is 0. The van der Waals surface area contributed by atoms with Gasteiger partial charge in [0.2, 0.25) is 11.8 Å². The van der Waals surface area contributed by atoms with E-state index in [-0.39, 0.29) is 30.9 Å². The maximum Gasteiger partial charge on any atom is 0.250 e. The largest absolute Gasteiger partial charge is 0.372 e. The fourth-order valence-corrected chi connectivity index (χ4v) is 3.67. The standard InChI is InChI=1S/C24H30N2O4/c1-4-10-29-14-23(27)25-17-6-8-19-20-9-7-18(26-24(28)15-30-11-5-2)13-22(20)16(3)21(19)12-17/h6-9,12-13,16H,4-5,10-11,14-15H2,1-3H3,(H,25,27)(H,26,28). The van der Waals surface area contributed by atoms with Crippen molar-refractivity contribution in [1.29, 1.82) is 0 Å². The zero-order valence-corrected chi connectivity index (χ0v) is 17.9. The number of anilines is 2. The lowest BCUT2D eigenvalue weighted by atomic mass is 9.98. The van der Waals surface area contributed by atoms with E-state index in [9.17, 15) is 9.59 Å². The first-order valence-electron chi connectivity index (χ1n) is 10.6. The van der Waals surface area contributed by atoms with Crippen LogP contribution in [0, 0.1) is 0 Å². The smallest absolute Gasteiger partial charge is 0.250 e. The molecule has 0 atom stereocenters. The zero-order chi connectivity index (χ0) is 21.5. The fraction of sp³-hybridized carbons (Fsp3) is 0.417. The average Bonchev–Trinajstić information content (AvgIpc) is 3.00. The molecule has 1 aliphatic rings. The van der Waals surface area contributed by atoms with Crippen LogP contribution >= 0.6 is 0 Å². The Morgan fingerprint density at radius 1 is 0.800 bits per heavy atom. The van der Waals surface area contributed by atoms with E-state index < -0.39 is 0 Å². The molecule has 1 aliphatic carbocycles. The van der Waals surface area contributed by atoms with Crippen molar-refractivity contribution in [3.63, 3.8) is 0 Å². The van der Waals surface area contributed by atoms with Gasteiger partial charge in [0.05, 0.1) is 0 Å². The molecule has 0 spiro atoms. The van der Waals surface area contributed by atoms with Crippen molar-refractivity contribution in [1.82, 2.24) is 0 Å². The molecule has 30 heavy (non-hydrogen) atoms. The van der Waals surface area contributed by atoms with Gasteiger partial charge in [-0.25, -0.2) is 0 Å². The monoisotopic (exact) mass is 410 g/mol. The normalized spacial score (nSPS) is 12.4. The molecule has 2 aromatic carbocycles. The topological polar surface area (TPSA) is 76.7 Å². The number of carbonyl (C=O) groups excluding carboxylic acids is 2. The van der Waals surface area contributed by atoms with Gasteiger partial charge < -0.3 is 20.1 Å². The number of fused-ring (bicyclic) bond motifs is 3. The molecule has 0 saturated carbocycles. The van der Waals surface area contributed by atoms with Crippen LogP contribution in [0.15, 0.2) is 36.4 Å². The summed E-state index contributed by atoms with van der Waals surface area (Å²) in [6, 6.07) is 12.0. The molecule has 160 valence electrons. The second-order valence-corrected chi connectivity index (χ2v) is 7.53. The molecule has 2 amide bonds. The maximum absolute atomic E-state index is 12.0. The number of hydrogen-bond donors (Lipinski definition) is 2. The molecule has 0 aromatic heterocycles. The van der Waals surface area contributed by atoms with Crippen LogP contribution in [0.5, 0.6) is 0 Å². The van der Waals surface area contributed by atoms with E-state index in [4.69, 9.17) is 9.47 Å². The average molecular weight is 411 g/mol. The van der Waals surface area contributed by atoms with E-state index in [1.165, 1.54) is 0 Å². The molecule has 6 nitrogen and oxygen atoms in total. The number of rotatable bonds is 10. The Labute approximate surface area is 178 Å². The van der Waals surface area contributed by atoms with Crippen LogP contribution in [0.1, 0.15) is 50.7 Å². The minimum Gasteiger partial charge on any atom is -0.372 e. The van der Waals surface area contributed by atoms with Crippen LogP contribution in [0.2, 0.25) is 0 Å². The van der Waals surface area contributed by atoms with Gasteiger partial charge in [0, 0.05) is 30.5 Å². The Hall–Kier alpha value is -2.70. The molecule has 2 aromatic rings. The number of hydrogen-bond acceptors (Lipinski definition) is 4. The van der Waals surface area contributed by atoms with Gasteiger partial charge in [-0.05, 0) is 59.4 Å². The van der Waals surface area contributed by atoms with Gasteiger partial charge in [-0.3, -0.25) is 9.59 Å². The van der Waals surface area contributed by atoms with E-state index in [0.29, 0.717) is 13.2 Å². The number of ether oxygens (including phenoxy) is 2. The van der Waals surface area contributed by atoms with E-state index in [0.717, 1.165) is 46.5 Å². The summed E-state index contributed by atoms with van der Waals surface area (Å²) in [6.45, 7) is 7.43. The summed E-state index contributed by atoms with van der Waals surface area (Å²) in [6.07, 6.45) is 1.77. The number of nitrogens with one attached hydrogen (secondary N) is 2. The fourth-order valence-electron chi connectivity index (χ4n) is 3.67. The Balaban J connectivity index is 1.69. The highest BCUT2D eigenvalue weighted by atomic mass is 16.5. The van der Waals surface area contributed by atoms with Gasteiger partial charge in [-0.2, -0.15) is 0 Å². The van der Waals surface area contributed by atoms with Gasteiger partial charge in [-0.15, -0.1) is 0 Å². The van der Waals surface area contributed by atoms with Gasteiger partial charge in [-0.1, -0.05) is 32.9 Å². The first-order chi connectivity index (χ1) is 14.5. The number of amides is 2. The first kappa shape index (κ1) is 22.0. The van der Waals surface area contributed by atoms with Crippen molar-refractivity contribution in [3.05, 3.63) is 47.5 Å². The number of benzene rings is 2. The second-order valence-electron chi connectivity index (χ2n) is 7.53. The van der Waals surface area contributed by atoms with Crippen molar-refractivity contribution >= 4 is 23.2 Å². The second kappa shape index (κ2) is 10.4. The summed E-state index contributed by atoms with van der Waals surface area (Å²) in [5, 5.41) is 5.81. The molecule has 0 heterocycles. The third kappa shape index (κ3) is 5.26. The molecule has 0 radical (unpaired) electrons. The van der Waals surface area contributed by atoms with Gasteiger partial charge in [0.15, 0.2) is 0 Å². The molecule has 0 bridgehead atoms. The van der Waals surface area contributed by atoms with Crippen LogP contribution in [0.3, 0.4) is 0 Å². The Morgan fingerprint density at radius 2 is 1.23 bits per heavy atom. The molecule has 0 aliphatic heterocycles. The predicted molar refractivity (Wildman–Crippen MR) is 119 cm³/mol. The molecular weight excluding hydrogens is 380 g/mol. The minimum atomic E-state index is -0.151. The molecule has 0 unspecified atom stereocenters. The lowest BCUT2D eigenvalue weighted by Gasteiger charge is -2.11. The van der Waals surface area contributed by atoms with Crippen molar-refractivity contribution in [2.45, 2.75) is 39.5 Å². The quantitative estimate of drug-likeness (QED) is 0.564. The third-order valence-corrected chi connectivity index (χ3v) is 5.06. The van der Waals surface area contributed by atoms with Crippen LogP contribution in [0.25, 0.3) is 11.1 Å². The van der Waals surface area contributed by atoms with Crippen LogP contribution in [0.4, 0.5) is 11.4 Å². The lowest BCUT2D eigenvalue weighted by Crippen LogP contribution is -2.18. The highest BCUT2D eigenvalue weighted by Gasteiger charge is 2.26. The SMILES string of the molecule is CCCOCC(=O)Nc1ccc2c(c1)C(C)c1cc(NC(=O)COCCC)ccc1-2. The van der Waals surface area contributed by atoms with Crippen molar-refractivity contribution in [2.24, 2.45) is 0 Å². The zero-order valence-electron chi connectivity index (χ0n) is 17.9. The Kier molecular flexibility index (Phi) is 7.60. The van der Waals surface area contributed by atoms with Crippen molar-refractivity contribution in [2.75, 3.05) is 37.1 Å². The Bertz CT molecular complexity index is 837. The van der Waals surface area contributed by atoms with Gasteiger partial charge in [0.25, 0.3) is 0 Å². The summed E-state index contributed by atoms with van der Waals surface area (Å²) in [4.78, 5) is 24.1. The lowest BCUT2D eigenvalue weighted by molar-refractivity contribution is -0.121. The first-order valence-corrected chi connectivity index (χ1v) is 10.6. The molecule has 3 rings (SSSR count). The van der Waals surface area contributed by atoms with Crippen LogP contribution in [-0.2, 0) is 19.1 Å². The summed E-state index contributed by atoms with van der Waals surface area (Å²) < 4.78 is 10.6. The van der Waals surface area contributed by atoms with Gasteiger partial charge in [0.1, 0.15) is 13.2 Å². The Morgan fingerprint density at radius 3 is 1.63 bits per heavy atom. The maximum atomic E-state index is 12.0. The van der Waals surface area contributed by atoms with Crippen molar-refractivity contribution in [3.8, 4) is 11.1 Å². The molecule has 0 saturated heterocycles. The van der Waals surface area contributed by atoms with E-state index in [2.05, 4.69) is 17.6 Å². The molecular formula is C24H30N2O4. The third-order valence-electron chi connectivity index (χ3n) is 5.06. The molecule has 2 N–H and O–H groups in total. The van der Waals surface area contributed by atoms with Gasteiger partial charge >= 0.3 is 0 Å². The molecule has 0 fully saturated rings.